The van der Waals surface area contributed by atoms with Gasteiger partial charge in [-0.05, 0) is 13.0 Å². The number of imidazole rings is 1. The van der Waals surface area contributed by atoms with Crippen LogP contribution in [0.3, 0.4) is 0 Å². The topological polar surface area (TPSA) is 110 Å². The number of oxazole rings is 1. The van der Waals surface area contributed by atoms with E-state index in [0.717, 1.165) is 5.82 Å². The third-order valence-corrected chi connectivity index (χ3v) is 2.85. The highest BCUT2D eigenvalue weighted by Gasteiger charge is 2.14. The Kier molecular flexibility index (Phi) is 2.82. The van der Waals surface area contributed by atoms with Crippen LogP contribution in [0.4, 0.5) is 11.7 Å². The van der Waals surface area contributed by atoms with Crippen LogP contribution in [0, 0.1) is 10.1 Å². The van der Waals surface area contributed by atoms with Crippen LogP contribution in [0.5, 0.6) is 0 Å². The smallest absolute Gasteiger partial charge is 0.296 e. The summed E-state index contributed by atoms with van der Waals surface area (Å²) >= 11 is 0. The fourth-order valence-electron chi connectivity index (χ4n) is 1.86. The summed E-state index contributed by atoms with van der Waals surface area (Å²) in [6.07, 6.45) is 3.38. The summed E-state index contributed by atoms with van der Waals surface area (Å²) in [6, 6.07) is 4.47. The fourth-order valence-corrected chi connectivity index (χ4v) is 1.86. The first-order valence-electron chi connectivity index (χ1n) is 5.94. The zero-order valence-corrected chi connectivity index (χ0v) is 10.5. The van der Waals surface area contributed by atoms with Gasteiger partial charge in [0.2, 0.25) is 0 Å². The van der Waals surface area contributed by atoms with Gasteiger partial charge in [0.1, 0.15) is 11.3 Å². The molecule has 0 bridgehead atoms. The van der Waals surface area contributed by atoms with E-state index in [2.05, 4.69) is 20.3 Å². The number of nitrogens with zero attached hydrogens (tertiary/aromatic N) is 3. The van der Waals surface area contributed by atoms with Crippen molar-refractivity contribution in [1.29, 1.82) is 0 Å². The van der Waals surface area contributed by atoms with E-state index in [1.807, 2.05) is 6.92 Å². The number of fused-ring (bicyclic) bond motifs is 1. The molecule has 1 aromatic carbocycles. The first-order chi connectivity index (χ1) is 9.63. The van der Waals surface area contributed by atoms with E-state index in [4.69, 9.17) is 4.42 Å². The monoisotopic (exact) mass is 273 g/mol. The summed E-state index contributed by atoms with van der Waals surface area (Å²) < 4.78 is 5.48. The number of rotatable bonds is 4. The lowest BCUT2D eigenvalue weighted by Gasteiger charge is -2.08. The Morgan fingerprint density at radius 3 is 3.05 bits per heavy atom. The maximum Gasteiger partial charge on any atom is 0.296 e. The van der Waals surface area contributed by atoms with E-state index in [-0.39, 0.29) is 11.7 Å². The quantitative estimate of drug-likeness (QED) is 0.558. The first-order valence-corrected chi connectivity index (χ1v) is 5.94. The molecule has 0 aliphatic carbocycles. The molecule has 1 unspecified atom stereocenters. The van der Waals surface area contributed by atoms with Crippen molar-refractivity contribution >= 4 is 22.8 Å². The van der Waals surface area contributed by atoms with Crippen LogP contribution < -0.4 is 5.32 Å². The normalized spacial score (nSPS) is 12.4. The molecule has 20 heavy (non-hydrogen) atoms. The zero-order chi connectivity index (χ0) is 14.1. The maximum atomic E-state index is 10.7. The highest BCUT2D eigenvalue weighted by Crippen LogP contribution is 2.25. The Morgan fingerprint density at radius 1 is 1.50 bits per heavy atom. The molecule has 2 aromatic heterocycles. The van der Waals surface area contributed by atoms with Crippen molar-refractivity contribution in [3.8, 4) is 0 Å². The zero-order valence-electron chi connectivity index (χ0n) is 10.5. The lowest BCUT2D eigenvalue weighted by atomic mass is 10.3. The number of nitrogens with one attached hydrogen (secondary N) is 2. The number of aromatic amines is 1. The van der Waals surface area contributed by atoms with Crippen molar-refractivity contribution in [3.63, 3.8) is 0 Å². The fraction of sp³-hybridized carbons (Fsp3) is 0.167. The van der Waals surface area contributed by atoms with Gasteiger partial charge in [-0.25, -0.2) is 4.98 Å². The Hall–Kier alpha value is -2.90. The number of nitro groups is 1. The molecular weight excluding hydrogens is 262 g/mol. The van der Waals surface area contributed by atoms with Gasteiger partial charge in [0, 0.05) is 24.5 Å². The lowest BCUT2D eigenvalue weighted by molar-refractivity contribution is -0.384. The average molecular weight is 273 g/mol. The van der Waals surface area contributed by atoms with E-state index < -0.39 is 4.92 Å². The Balaban J connectivity index is 1.87. The van der Waals surface area contributed by atoms with Gasteiger partial charge >= 0.3 is 0 Å². The molecule has 0 fully saturated rings. The van der Waals surface area contributed by atoms with Gasteiger partial charge in [-0.15, -0.1) is 0 Å². The van der Waals surface area contributed by atoms with Crippen LogP contribution in [0.15, 0.2) is 35.0 Å². The number of H-pyrrole nitrogens is 1. The molecule has 2 heterocycles. The van der Waals surface area contributed by atoms with Crippen LogP contribution in [0.2, 0.25) is 0 Å². The van der Waals surface area contributed by atoms with Gasteiger partial charge in [-0.1, -0.05) is 0 Å². The van der Waals surface area contributed by atoms with Crippen molar-refractivity contribution in [2.24, 2.45) is 0 Å². The number of anilines is 1. The number of hydrogen-bond donors (Lipinski definition) is 2. The first kappa shape index (κ1) is 12.2. The Labute approximate surface area is 113 Å². The second kappa shape index (κ2) is 4.65. The van der Waals surface area contributed by atoms with Gasteiger partial charge in [0.25, 0.3) is 11.7 Å². The molecule has 0 aliphatic heterocycles. The van der Waals surface area contributed by atoms with Gasteiger partial charge < -0.3 is 14.7 Å². The second-order valence-corrected chi connectivity index (χ2v) is 4.27. The van der Waals surface area contributed by atoms with Crippen LogP contribution in [0.25, 0.3) is 11.1 Å². The molecule has 1 atom stereocenters. The molecule has 0 saturated heterocycles. The highest BCUT2D eigenvalue weighted by molar-refractivity contribution is 5.77. The number of nitro benzene ring substituents is 1. The molecule has 0 saturated carbocycles. The molecule has 3 rings (SSSR count). The molecule has 8 nitrogen and oxygen atoms in total. The highest BCUT2D eigenvalue weighted by atomic mass is 16.6. The number of hydrogen-bond acceptors (Lipinski definition) is 6. The third kappa shape index (κ3) is 2.18. The number of benzene rings is 1. The predicted octanol–water partition coefficient (Wildman–Crippen LogP) is 2.63. The van der Waals surface area contributed by atoms with Crippen molar-refractivity contribution in [2.45, 2.75) is 13.0 Å². The van der Waals surface area contributed by atoms with Crippen molar-refractivity contribution < 1.29 is 9.34 Å². The maximum absolute atomic E-state index is 10.7. The molecule has 8 heteroatoms. The third-order valence-electron chi connectivity index (χ3n) is 2.85. The van der Waals surface area contributed by atoms with Crippen molar-refractivity contribution in [2.75, 3.05) is 5.32 Å². The minimum atomic E-state index is -0.466. The molecule has 0 amide bonds. The second-order valence-electron chi connectivity index (χ2n) is 4.27. The minimum absolute atomic E-state index is 0.0172. The van der Waals surface area contributed by atoms with Crippen molar-refractivity contribution in [1.82, 2.24) is 15.0 Å². The molecule has 0 spiro atoms. The average Bonchev–Trinajstić information content (AvgIpc) is 3.06. The van der Waals surface area contributed by atoms with Gasteiger partial charge in [-0.2, -0.15) is 4.98 Å². The molecule has 0 radical (unpaired) electrons. The molecule has 102 valence electrons. The standard InChI is InChI=1S/C12H11N5O3/c1-7(11-13-4-5-14-11)15-12-16-9-6-8(17(18)19)2-3-10(9)20-12/h2-7H,1H3,(H,13,14)(H,15,16). The SMILES string of the molecule is CC(Nc1nc2cc([N+](=O)[O-])ccc2o1)c1ncc[nH]1. The van der Waals surface area contributed by atoms with Gasteiger partial charge in [-0.3, -0.25) is 10.1 Å². The van der Waals surface area contributed by atoms with Gasteiger partial charge in [0.15, 0.2) is 5.58 Å². The van der Waals surface area contributed by atoms with E-state index in [9.17, 15) is 10.1 Å². The van der Waals surface area contributed by atoms with Gasteiger partial charge in [0.05, 0.1) is 11.0 Å². The van der Waals surface area contributed by atoms with E-state index in [1.165, 1.54) is 18.2 Å². The minimum Gasteiger partial charge on any atom is -0.424 e. The molecular formula is C12H11N5O3. The summed E-state index contributed by atoms with van der Waals surface area (Å²) in [5.74, 6) is 0.748. The van der Waals surface area contributed by atoms with Crippen LogP contribution >= 0.6 is 0 Å². The summed E-state index contributed by atoms with van der Waals surface area (Å²) in [6.45, 7) is 1.90. The largest absolute Gasteiger partial charge is 0.424 e. The Morgan fingerprint density at radius 2 is 2.35 bits per heavy atom. The van der Waals surface area contributed by atoms with E-state index >= 15 is 0 Å². The lowest BCUT2D eigenvalue weighted by Crippen LogP contribution is -2.08. The predicted molar refractivity (Wildman–Crippen MR) is 71.3 cm³/mol. The van der Waals surface area contributed by atoms with E-state index in [0.29, 0.717) is 17.1 Å². The summed E-state index contributed by atoms with van der Waals surface area (Å²) in [5.41, 5.74) is 0.912. The Bertz CT molecular complexity index is 750. The number of aromatic nitrogens is 3. The summed E-state index contributed by atoms with van der Waals surface area (Å²) in [4.78, 5) is 21.5. The number of non-ortho nitro benzene ring substituents is 1. The van der Waals surface area contributed by atoms with Crippen molar-refractivity contribution in [3.05, 3.63) is 46.5 Å². The van der Waals surface area contributed by atoms with Crippen LogP contribution in [-0.4, -0.2) is 19.9 Å². The van der Waals surface area contributed by atoms with Crippen LogP contribution in [-0.2, 0) is 0 Å². The molecule has 2 N–H and O–H groups in total. The molecule has 0 aliphatic rings. The molecule has 3 aromatic rings. The summed E-state index contributed by atoms with van der Waals surface area (Å²) in [5, 5.41) is 13.7. The van der Waals surface area contributed by atoms with Crippen LogP contribution in [0.1, 0.15) is 18.8 Å². The summed E-state index contributed by atoms with van der Waals surface area (Å²) in [7, 11) is 0. The van der Waals surface area contributed by atoms with E-state index in [1.54, 1.807) is 12.4 Å².